The normalized spacial score (nSPS) is 27.3. The number of nitrogens with two attached hydrogens (primary N) is 1. The van der Waals surface area contributed by atoms with E-state index in [2.05, 4.69) is 30.1 Å². The van der Waals surface area contributed by atoms with E-state index < -0.39 is 5.82 Å². The zero-order valence-corrected chi connectivity index (χ0v) is 18.2. The molecule has 5 rings (SSSR count). The summed E-state index contributed by atoms with van der Waals surface area (Å²) in [5, 5.41) is 13.0. The van der Waals surface area contributed by atoms with E-state index in [1.54, 1.807) is 6.07 Å². The number of carbonyl (C=O) groups excluding carboxylic acids is 1. The van der Waals surface area contributed by atoms with E-state index in [0.717, 1.165) is 41.5 Å². The number of nitriles is 1. The van der Waals surface area contributed by atoms with Crippen molar-refractivity contribution in [1.29, 1.82) is 5.26 Å². The molecule has 5 heteroatoms. The number of anilines is 1. The number of carbonyl (C=O) groups is 1. The summed E-state index contributed by atoms with van der Waals surface area (Å²) >= 11 is 0. The van der Waals surface area contributed by atoms with Crippen LogP contribution in [-0.2, 0) is 6.42 Å². The van der Waals surface area contributed by atoms with Gasteiger partial charge in [0.2, 0.25) is 0 Å². The first kappa shape index (κ1) is 21.5. The molecule has 0 spiro atoms. The monoisotopic (exact) mass is 419 g/mol. The van der Waals surface area contributed by atoms with Crippen LogP contribution in [0, 0.1) is 34.9 Å². The summed E-state index contributed by atoms with van der Waals surface area (Å²) in [6.07, 6.45) is 6.58. The fraction of sp³-hybridized carbons (Fsp3) is 0.462. The van der Waals surface area contributed by atoms with E-state index in [9.17, 15) is 14.4 Å². The summed E-state index contributed by atoms with van der Waals surface area (Å²) in [7, 11) is 1.50. The van der Waals surface area contributed by atoms with Crippen LogP contribution in [0.25, 0.3) is 0 Å². The molecule has 2 aliphatic carbocycles. The highest BCUT2D eigenvalue weighted by Gasteiger charge is 2.53. The summed E-state index contributed by atoms with van der Waals surface area (Å²) in [5.41, 5.74) is 9.90. The molecule has 2 aromatic rings. The average molecular weight is 420 g/mol. The molecule has 1 aliphatic heterocycles. The highest BCUT2D eigenvalue weighted by atomic mass is 19.1. The van der Waals surface area contributed by atoms with Crippen molar-refractivity contribution in [2.24, 2.45) is 23.5 Å². The summed E-state index contributed by atoms with van der Waals surface area (Å²) < 4.78 is 13.9. The maximum atomic E-state index is 13.9. The molecule has 0 amide bonds. The van der Waals surface area contributed by atoms with Crippen molar-refractivity contribution in [2.45, 2.75) is 51.0 Å². The van der Waals surface area contributed by atoms with Gasteiger partial charge in [0.1, 0.15) is 18.2 Å². The Hall–Kier alpha value is -2.71. The number of nitrogens with zero attached hydrogens (tertiary/aromatic N) is 1. The number of rotatable bonds is 4. The van der Waals surface area contributed by atoms with Gasteiger partial charge in [0.15, 0.2) is 0 Å². The van der Waals surface area contributed by atoms with Crippen LogP contribution in [-0.4, -0.2) is 13.3 Å². The Morgan fingerprint density at radius 2 is 2.00 bits per heavy atom. The fourth-order valence-corrected chi connectivity index (χ4v) is 6.34. The van der Waals surface area contributed by atoms with Crippen molar-refractivity contribution in [3.8, 4) is 6.07 Å². The highest BCUT2D eigenvalue weighted by molar-refractivity contribution is 5.80. The van der Waals surface area contributed by atoms with Gasteiger partial charge in [-0.2, -0.15) is 5.26 Å². The van der Waals surface area contributed by atoms with Gasteiger partial charge in [-0.15, -0.1) is 0 Å². The van der Waals surface area contributed by atoms with Crippen molar-refractivity contribution >= 4 is 12.0 Å². The third kappa shape index (κ3) is 3.53. The molecule has 5 atom stereocenters. The third-order valence-electron chi connectivity index (χ3n) is 7.46. The number of nitrogens with one attached hydrogen (secondary N) is 1. The molecular formula is C26H30FN3O. The minimum atomic E-state index is -0.460. The molecule has 3 aliphatic rings. The van der Waals surface area contributed by atoms with Gasteiger partial charge in [-0.25, -0.2) is 4.39 Å². The van der Waals surface area contributed by atoms with E-state index in [1.165, 1.54) is 37.9 Å². The van der Waals surface area contributed by atoms with Crippen LogP contribution >= 0.6 is 0 Å². The molecule has 0 radical (unpaired) electrons. The predicted molar refractivity (Wildman–Crippen MR) is 120 cm³/mol. The van der Waals surface area contributed by atoms with Gasteiger partial charge in [-0.05, 0) is 97.4 Å². The van der Waals surface area contributed by atoms with Crippen LogP contribution in [0.4, 0.5) is 10.1 Å². The Kier molecular flexibility index (Phi) is 6.11. The Morgan fingerprint density at radius 1 is 1.23 bits per heavy atom. The van der Waals surface area contributed by atoms with Crippen molar-refractivity contribution in [3.63, 3.8) is 0 Å². The van der Waals surface area contributed by atoms with Gasteiger partial charge in [0, 0.05) is 11.3 Å². The smallest absolute Gasteiger partial charge is 0.150 e. The first-order valence-electron chi connectivity index (χ1n) is 11.3. The molecule has 4 nitrogen and oxygen atoms in total. The zero-order chi connectivity index (χ0) is 22.1. The van der Waals surface area contributed by atoms with Gasteiger partial charge in [0.05, 0.1) is 11.6 Å². The van der Waals surface area contributed by atoms with Crippen LogP contribution in [0.5, 0.6) is 0 Å². The van der Waals surface area contributed by atoms with Gasteiger partial charge < -0.3 is 11.1 Å². The van der Waals surface area contributed by atoms with Crippen molar-refractivity contribution < 1.29 is 9.18 Å². The maximum Gasteiger partial charge on any atom is 0.150 e. The van der Waals surface area contributed by atoms with E-state index in [4.69, 9.17) is 0 Å². The lowest BCUT2D eigenvalue weighted by Gasteiger charge is -2.44. The van der Waals surface area contributed by atoms with Crippen molar-refractivity contribution in [2.75, 3.05) is 12.4 Å². The third-order valence-corrected chi connectivity index (χ3v) is 7.46. The maximum absolute atomic E-state index is 13.9. The quantitative estimate of drug-likeness (QED) is 0.656. The number of aryl methyl sites for hydroxylation is 1. The fourth-order valence-electron chi connectivity index (χ4n) is 6.34. The number of halogens is 1. The second-order valence-electron chi connectivity index (χ2n) is 8.92. The molecule has 0 saturated heterocycles. The molecular weight excluding hydrogens is 389 g/mol. The van der Waals surface area contributed by atoms with E-state index in [-0.39, 0.29) is 11.6 Å². The molecule has 1 heterocycles. The van der Waals surface area contributed by atoms with Crippen LogP contribution in [0.2, 0.25) is 0 Å². The Labute approximate surface area is 183 Å². The number of hydrogen-bond acceptors (Lipinski definition) is 4. The van der Waals surface area contributed by atoms with Gasteiger partial charge in [0.25, 0.3) is 0 Å². The number of benzene rings is 2. The molecule has 2 aromatic carbocycles. The lowest BCUT2D eigenvalue weighted by molar-refractivity contribution is 0.112. The zero-order valence-electron chi connectivity index (χ0n) is 18.2. The van der Waals surface area contributed by atoms with Crippen LogP contribution in [0.15, 0.2) is 30.3 Å². The molecule has 2 bridgehead atoms. The van der Waals surface area contributed by atoms with Crippen LogP contribution in [0.3, 0.4) is 0 Å². The topological polar surface area (TPSA) is 78.9 Å². The molecule has 0 aromatic heterocycles. The first-order chi connectivity index (χ1) is 15.1. The minimum Gasteiger partial charge on any atom is -0.378 e. The second-order valence-corrected chi connectivity index (χ2v) is 8.92. The lowest BCUT2D eigenvalue weighted by Crippen LogP contribution is -2.35. The Morgan fingerprint density at radius 3 is 2.71 bits per heavy atom. The van der Waals surface area contributed by atoms with Crippen LogP contribution < -0.4 is 11.1 Å². The summed E-state index contributed by atoms with van der Waals surface area (Å²) in [6.45, 7) is 2.12. The number of hydrogen-bond donors (Lipinski definition) is 2. The first-order valence-corrected chi connectivity index (χ1v) is 11.3. The SMILES string of the molecule is CCCc1cc2c(cc1C=O)[C@@H]1[C@H]3CC[C@H](C3)[C@@H]1C(c1ccc(F)c(C#N)c1)N2.CN. The molecule has 31 heavy (non-hydrogen) atoms. The molecule has 2 fully saturated rings. The van der Waals surface area contributed by atoms with Gasteiger partial charge in [-0.3, -0.25) is 4.79 Å². The Bertz CT molecular complexity index is 1030. The predicted octanol–water partition coefficient (Wildman–Crippen LogP) is 5.33. The van der Waals surface area contributed by atoms with E-state index in [0.29, 0.717) is 23.7 Å². The Balaban J connectivity index is 0.00000112. The molecule has 162 valence electrons. The summed E-state index contributed by atoms with van der Waals surface area (Å²) in [4.78, 5) is 11.7. The highest BCUT2D eigenvalue weighted by Crippen LogP contribution is 2.63. The van der Waals surface area contributed by atoms with E-state index in [1.807, 2.05) is 12.1 Å². The second kappa shape index (κ2) is 8.80. The molecule has 1 unspecified atom stereocenters. The number of fused-ring (bicyclic) bond motifs is 7. The molecule has 2 saturated carbocycles. The van der Waals surface area contributed by atoms with Gasteiger partial charge >= 0.3 is 0 Å². The van der Waals surface area contributed by atoms with Crippen LogP contribution in [0.1, 0.15) is 77.2 Å². The van der Waals surface area contributed by atoms with E-state index >= 15 is 0 Å². The lowest BCUT2D eigenvalue weighted by atomic mass is 9.67. The van der Waals surface area contributed by atoms with Crippen molar-refractivity contribution in [3.05, 3.63) is 64.0 Å². The summed E-state index contributed by atoms with van der Waals surface area (Å²) in [6, 6.07) is 11.3. The standard InChI is InChI=1S/C25H25FN2O.CH5N/c1-2-3-14-11-22-20(10-19(14)13-29)23-15-4-5-16(8-15)24(23)25(28-22)17-6-7-21(26)18(9-17)12-27;1-2/h6-7,9-11,13,15-16,23-25,28H,2-5,8H2,1H3;2H2,1H3/t15-,16+,23-,24-,25?;/m0./s1. The molecule has 3 N–H and O–H groups in total. The minimum absolute atomic E-state index is 0.0760. The van der Waals surface area contributed by atoms with Crippen molar-refractivity contribution in [1.82, 2.24) is 0 Å². The summed E-state index contributed by atoms with van der Waals surface area (Å²) in [5.74, 6) is 1.69. The average Bonchev–Trinajstić information content (AvgIpc) is 3.43. The van der Waals surface area contributed by atoms with Gasteiger partial charge in [-0.1, -0.05) is 19.4 Å². The number of aldehydes is 1. The largest absolute Gasteiger partial charge is 0.378 e.